The molecule has 2 unspecified atom stereocenters. The number of carbonyl (C=O) groups is 2. The van der Waals surface area contributed by atoms with Gasteiger partial charge in [0, 0.05) is 0 Å². The van der Waals surface area contributed by atoms with Crippen molar-refractivity contribution in [3.05, 3.63) is 0 Å². The van der Waals surface area contributed by atoms with Crippen molar-refractivity contribution in [2.24, 2.45) is 11.8 Å². The number of carboxylic acids is 1. The molecule has 70 valence electrons. The molecule has 0 bridgehead atoms. The first-order chi connectivity index (χ1) is 6.16. The second kappa shape index (κ2) is 3.90. The highest BCUT2D eigenvalue weighted by atomic mass is 16.4. The molecule has 0 aromatic heterocycles. The van der Waals surface area contributed by atoms with E-state index in [1.165, 1.54) is 6.19 Å². The Morgan fingerprint density at radius 2 is 2.00 bits per heavy atom. The van der Waals surface area contributed by atoms with Crippen LogP contribution in [-0.4, -0.2) is 17.0 Å². The number of carbonyl (C=O) groups excluding carboxylic acids is 1. The van der Waals surface area contributed by atoms with E-state index in [9.17, 15) is 9.59 Å². The number of aliphatic carboxylic acids is 1. The average Bonchev–Trinajstić information content (AvgIpc) is 2.52. The molecule has 13 heavy (non-hydrogen) atoms. The summed E-state index contributed by atoms with van der Waals surface area (Å²) in [6.45, 7) is 0. The molecule has 0 spiro atoms. The maximum atomic E-state index is 11.2. The summed E-state index contributed by atoms with van der Waals surface area (Å²) in [5.74, 6) is -2.56. The highest BCUT2D eigenvalue weighted by molar-refractivity contribution is 5.86. The molecule has 1 aliphatic carbocycles. The van der Waals surface area contributed by atoms with Crippen LogP contribution in [0.4, 0.5) is 0 Å². The van der Waals surface area contributed by atoms with Gasteiger partial charge in [-0.05, 0) is 12.8 Å². The van der Waals surface area contributed by atoms with Crippen LogP contribution in [0.25, 0.3) is 0 Å². The van der Waals surface area contributed by atoms with Gasteiger partial charge in [-0.1, -0.05) is 6.42 Å². The molecular formula is C8H10N2O3. The molecule has 0 aromatic carbocycles. The highest BCUT2D eigenvalue weighted by Gasteiger charge is 2.37. The third-order valence-electron chi connectivity index (χ3n) is 2.35. The molecule has 0 aliphatic heterocycles. The standard InChI is InChI=1S/C8H10N2O3/c9-4-10-7(11)5-2-1-3-6(5)8(12)13/h5-6H,1-3H2,(H,10,11)(H,12,13). The number of nitrogens with one attached hydrogen (secondary N) is 1. The van der Waals surface area contributed by atoms with Crippen LogP contribution in [0.3, 0.4) is 0 Å². The highest BCUT2D eigenvalue weighted by Crippen LogP contribution is 2.31. The van der Waals surface area contributed by atoms with Gasteiger partial charge in [0.15, 0.2) is 6.19 Å². The maximum Gasteiger partial charge on any atom is 0.307 e. The van der Waals surface area contributed by atoms with Crippen LogP contribution in [0.15, 0.2) is 0 Å². The van der Waals surface area contributed by atoms with Crippen molar-refractivity contribution in [1.82, 2.24) is 5.32 Å². The zero-order valence-electron chi connectivity index (χ0n) is 6.99. The van der Waals surface area contributed by atoms with Crippen molar-refractivity contribution in [3.8, 4) is 6.19 Å². The lowest BCUT2D eigenvalue weighted by Crippen LogP contribution is -2.32. The number of carboxylic acid groups (broad SMARTS) is 1. The van der Waals surface area contributed by atoms with E-state index in [1.807, 2.05) is 5.32 Å². The minimum absolute atomic E-state index is 0.465. The van der Waals surface area contributed by atoms with Gasteiger partial charge in [-0.3, -0.25) is 14.9 Å². The molecule has 2 N–H and O–H groups in total. The van der Waals surface area contributed by atoms with Gasteiger partial charge in [0.25, 0.3) is 0 Å². The van der Waals surface area contributed by atoms with E-state index < -0.39 is 23.7 Å². The number of rotatable bonds is 2. The quantitative estimate of drug-likeness (QED) is 0.467. The Bertz CT molecular complexity index is 269. The Hall–Kier alpha value is -1.57. The van der Waals surface area contributed by atoms with Crippen molar-refractivity contribution in [1.29, 1.82) is 5.26 Å². The Morgan fingerprint density at radius 3 is 2.54 bits per heavy atom. The summed E-state index contributed by atoms with van der Waals surface area (Å²) in [7, 11) is 0. The summed E-state index contributed by atoms with van der Waals surface area (Å²) < 4.78 is 0. The van der Waals surface area contributed by atoms with Crippen LogP contribution in [-0.2, 0) is 9.59 Å². The third kappa shape index (κ3) is 1.96. The number of hydrogen-bond acceptors (Lipinski definition) is 3. The molecule has 5 nitrogen and oxygen atoms in total. The van der Waals surface area contributed by atoms with Crippen LogP contribution in [0, 0.1) is 23.3 Å². The van der Waals surface area contributed by atoms with Crippen molar-refractivity contribution in [2.75, 3.05) is 0 Å². The summed E-state index contributed by atoms with van der Waals surface area (Å²) in [6.07, 6.45) is 3.33. The Morgan fingerprint density at radius 1 is 1.38 bits per heavy atom. The van der Waals surface area contributed by atoms with E-state index in [4.69, 9.17) is 10.4 Å². The monoisotopic (exact) mass is 182 g/mol. The summed E-state index contributed by atoms with van der Waals surface area (Å²) >= 11 is 0. The predicted molar refractivity (Wildman–Crippen MR) is 42.2 cm³/mol. The Labute approximate surface area is 75.3 Å². The largest absolute Gasteiger partial charge is 0.481 e. The zero-order chi connectivity index (χ0) is 9.84. The number of nitrogens with zero attached hydrogens (tertiary/aromatic N) is 1. The Kier molecular flexibility index (Phi) is 2.85. The molecule has 1 rings (SSSR count). The summed E-state index contributed by atoms with van der Waals surface area (Å²) in [5, 5.41) is 18.9. The van der Waals surface area contributed by atoms with Crippen molar-refractivity contribution in [2.45, 2.75) is 19.3 Å². The van der Waals surface area contributed by atoms with E-state index >= 15 is 0 Å². The van der Waals surface area contributed by atoms with Crippen molar-refractivity contribution >= 4 is 11.9 Å². The normalized spacial score (nSPS) is 26.4. The van der Waals surface area contributed by atoms with Gasteiger partial charge in [-0.2, -0.15) is 5.26 Å². The van der Waals surface area contributed by atoms with Gasteiger partial charge in [-0.15, -0.1) is 0 Å². The van der Waals surface area contributed by atoms with Crippen LogP contribution >= 0.6 is 0 Å². The van der Waals surface area contributed by atoms with Gasteiger partial charge in [0.2, 0.25) is 5.91 Å². The predicted octanol–water partition coefficient (Wildman–Crippen LogP) is 0.0846. The first-order valence-electron chi connectivity index (χ1n) is 4.08. The molecule has 1 amide bonds. The molecule has 0 saturated heterocycles. The van der Waals surface area contributed by atoms with Crippen LogP contribution in [0.5, 0.6) is 0 Å². The third-order valence-corrected chi connectivity index (χ3v) is 2.35. The lowest BCUT2D eigenvalue weighted by atomic mass is 9.95. The molecule has 0 heterocycles. The molecule has 5 heteroatoms. The molecule has 1 fully saturated rings. The van der Waals surface area contributed by atoms with E-state index in [2.05, 4.69) is 0 Å². The van der Waals surface area contributed by atoms with Gasteiger partial charge >= 0.3 is 5.97 Å². The van der Waals surface area contributed by atoms with Crippen molar-refractivity contribution in [3.63, 3.8) is 0 Å². The first kappa shape index (κ1) is 9.52. The smallest absolute Gasteiger partial charge is 0.307 e. The van der Waals surface area contributed by atoms with Crippen LogP contribution < -0.4 is 5.32 Å². The van der Waals surface area contributed by atoms with Gasteiger partial charge in [-0.25, -0.2) is 0 Å². The minimum atomic E-state index is -0.949. The van der Waals surface area contributed by atoms with E-state index in [-0.39, 0.29) is 0 Å². The SMILES string of the molecule is N#CNC(=O)C1CCCC1C(=O)O. The number of amides is 1. The minimum Gasteiger partial charge on any atom is -0.481 e. The molecule has 2 atom stereocenters. The molecule has 1 saturated carbocycles. The molecular weight excluding hydrogens is 172 g/mol. The fraction of sp³-hybridized carbons (Fsp3) is 0.625. The van der Waals surface area contributed by atoms with E-state index in [1.54, 1.807) is 0 Å². The lowest BCUT2D eigenvalue weighted by molar-refractivity contribution is -0.145. The second-order valence-electron chi connectivity index (χ2n) is 3.08. The fourth-order valence-electron chi connectivity index (χ4n) is 1.72. The Balaban J connectivity index is 2.64. The van der Waals surface area contributed by atoms with Gasteiger partial charge in [0.1, 0.15) is 0 Å². The average molecular weight is 182 g/mol. The van der Waals surface area contributed by atoms with E-state index in [0.29, 0.717) is 12.8 Å². The van der Waals surface area contributed by atoms with Crippen molar-refractivity contribution < 1.29 is 14.7 Å². The number of nitriles is 1. The zero-order valence-corrected chi connectivity index (χ0v) is 6.99. The lowest BCUT2D eigenvalue weighted by Gasteiger charge is -2.11. The summed E-state index contributed by atoms with van der Waals surface area (Å²) in [6, 6.07) is 0. The maximum absolute atomic E-state index is 11.2. The van der Waals surface area contributed by atoms with Gasteiger partial charge < -0.3 is 5.11 Å². The second-order valence-corrected chi connectivity index (χ2v) is 3.08. The molecule has 0 aromatic rings. The topological polar surface area (TPSA) is 90.2 Å². The summed E-state index contributed by atoms with van der Waals surface area (Å²) in [5.41, 5.74) is 0. The molecule has 0 radical (unpaired) electrons. The van der Waals surface area contributed by atoms with Crippen LogP contribution in [0.1, 0.15) is 19.3 Å². The summed E-state index contributed by atoms with van der Waals surface area (Å²) in [4.78, 5) is 21.8. The van der Waals surface area contributed by atoms with Gasteiger partial charge in [0.05, 0.1) is 11.8 Å². The fourth-order valence-corrected chi connectivity index (χ4v) is 1.72. The first-order valence-corrected chi connectivity index (χ1v) is 4.08. The van der Waals surface area contributed by atoms with Crippen LogP contribution in [0.2, 0.25) is 0 Å². The molecule has 1 aliphatic rings. The van der Waals surface area contributed by atoms with E-state index in [0.717, 1.165) is 6.42 Å². The number of hydrogen-bond donors (Lipinski definition) is 2.